The monoisotopic (exact) mass is 244 g/mol. The Balaban J connectivity index is 2.44. The maximum absolute atomic E-state index is 13.4. The SMILES string of the molecule is CN(CCCN)CCc1cc(Cl)ccc1F. The highest BCUT2D eigenvalue weighted by Crippen LogP contribution is 2.15. The molecule has 0 fully saturated rings. The zero-order valence-electron chi connectivity index (χ0n) is 9.55. The molecular weight excluding hydrogens is 227 g/mol. The molecule has 0 saturated heterocycles. The van der Waals surface area contributed by atoms with E-state index in [9.17, 15) is 4.39 Å². The van der Waals surface area contributed by atoms with E-state index >= 15 is 0 Å². The van der Waals surface area contributed by atoms with Crippen molar-refractivity contribution in [2.45, 2.75) is 12.8 Å². The van der Waals surface area contributed by atoms with Gasteiger partial charge in [0.25, 0.3) is 0 Å². The second kappa shape index (κ2) is 6.84. The molecule has 0 spiro atoms. The first-order chi connectivity index (χ1) is 7.63. The first-order valence-corrected chi connectivity index (χ1v) is 5.84. The lowest BCUT2D eigenvalue weighted by Gasteiger charge is -2.16. The van der Waals surface area contributed by atoms with Crippen molar-refractivity contribution < 1.29 is 4.39 Å². The van der Waals surface area contributed by atoms with Crippen molar-refractivity contribution >= 4 is 11.6 Å². The normalized spacial score (nSPS) is 11.1. The molecular formula is C12H18ClFN2. The van der Waals surface area contributed by atoms with E-state index < -0.39 is 0 Å². The van der Waals surface area contributed by atoms with Gasteiger partial charge in [-0.25, -0.2) is 4.39 Å². The lowest BCUT2D eigenvalue weighted by atomic mass is 10.1. The third kappa shape index (κ3) is 4.47. The fraction of sp³-hybridized carbons (Fsp3) is 0.500. The van der Waals surface area contributed by atoms with Gasteiger partial charge in [-0.15, -0.1) is 0 Å². The largest absolute Gasteiger partial charge is 0.330 e. The van der Waals surface area contributed by atoms with Crippen LogP contribution in [0.25, 0.3) is 0 Å². The van der Waals surface area contributed by atoms with Gasteiger partial charge in [0.05, 0.1) is 0 Å². The highest BCUT2D eigenvalue weighted by Gasteiger charge is 2.04. The molecule has 2 nitrogen and oxygen atoms in total. The van der Waals surface area contributed by atoms with Gasteiger partial charge < -0.3 is 10.6 Å². The number of nitrogens with two attached hydrogens (primary N) is 1. The second-order valence-corrected chi connectivity index (χ2v) is 4.37. The van der Waals surface area contributed by atoms with Crippen LogP contribution in [-0.2, 0) is 6.42 Å². The lowest BCUT2D eigenvalue weighted by molar-refractivity contribution is 0.334. The molecule has 0 atom stereocenters. The molecule has 1 aromatic rings. The topological polar surface area (TPSA) is 29.3 Å². The van der Waals surface area contributed by atoms with Gasteiger partial charge in [0.1, 0.15) is 5.82 Å². The summed E-state index contributed by atoms with van der Waals surface area (Å²) in [5.41, 5.74) is 6.10. The van der Waals surface area contributed by atoms with Crippen LogP contribution in [0.3, 0.4) is 0 Å². The standard InChI is InChI=1S/C12H18ClFN2/c1-16(7-2-6-15)8-5-10-9-11(13)3-4-12(10)14/h3-4,9H,2,5-8,15H2,1H3. The first-order valence-electron chi connectivity index (χ1n) is 5.46. The van der Waals surface area contributed by atoms with Crippen LogP contribution < -0.4 is 5.73 Å². The van der Waals surface area contributed by atoms with E-state index in [0.717, 1.165) is 19.5 Å². The summed E-state index contributed by atoms with van der Waals surface area (Å²) in [5.74, 6) is -0.184. The predicted molar refractivity (Wildman–Crippen MR) is 66.3 cm³/mol. The summed E-state index contributed by atoms with van der Waals surface area (Å²) in [6.07, 6.45) is 1.64. The summed E-state index contributed by atoms with van der Waals surface area (Å²) in [6, 6.07) is 4.67. The molecule has 0 bridgehead atoms. The number of halogens is 2. The van der Waals surface area contributed by atoms with Gasteiger partial charge in [0, 0.05) is 11.6 Å². The van der Waals surface area contributed by atoms with Crippen LogP contribution in [-0.4, -0.2) is 31.6 Å². The highest BCUT2D eigenvalue weighted by molar-refractivity contribution is 6.30. The molecule has 4 heteroatoms. The average molecular weight is 245 g/mol. The molecule has 0 unspecified atom stereocenters. The predicted octanol–water partition coefficient (Wildman–Crippen LogP) is 2.30. The molecule has 2 N–H and O–H groups in total. The van der Waals surface area contributed by atoms with Crippen molar-refractivity contribution in [1.82, 2.24) is 4.90 Å². The van der Waals surface area contributed by atoms with E-state index in [1.165, 1.54) is 6.07 Å². The van der Waals surface area contributed by atoms with Gasteiger partial charge >= 0.3 is 0 Å². The number of benzene rings is 1. The molecule has 0 aliphatic carbocycles. The Morgan fingerprint density at radius 3 is 2.81 bits per heavy atom. The third-order valence-corrected chi connectivity index (χ3v) is 2.75. The van der Waals surface area contributed by atoms with Gasteiger partial charge in [-0.3, -0.25) is 0 Å². The van der Waals surface area contributed by atoms with E-state index in [2.05, 4.69) is 4.90 Å². The van der Waals surface area contributed by atoms with Crippen molar-refractivity contribution in [3.05, 3.63) is 34.6 Å². The van der Waals surface area contributed by atoms with Crippen molar-refractivity contribution in [2.24, 2.45) is 5.73 Å². The van der Waals surface area contributed by atoms with Gasteiger partial charge in [-0.1, -0.05) is 11.6 Å². The van der Waals surface area contributed by atoms with Gasteiger partial charge in [-0.2, -0.15) is 0 Å². The van der Waals surface area contributed by atoms with E-state index in [-0.39, 0.29) is 5.82 Å². The molecule has 1 rings (SSSR count). The Labute approximate surface area is 101 Å². The number of hydrogen-bond acceptors (Lipinski definition) is 2. The minimum atomic E-state index is -0.184. The van der Waals surface area contributed by atoms with Crippen LogP contribution in [0.2, 0.25) is 5.02 Å². The van der Waals surface area contributed by atoms with Crippen LogP contribution in [0.5, 0.6) is 0 Å². The van der Waals surface area contributed by atoms with E-state index in [1.807, 2.05) is 7.05 Å². The summed E-state index contributed by atoms with van der Waals surface area (Å²) in [6.45, 7) is 2.45. The Morgan fingerprint density at radius 1 is 1.38 bits per heavy atom. The minimum absolute atomic E-state index is 0.184. The zero-order valence-corrected chi connectivity index (χ0v) is 10.3. The quantitative estimate of drug-likeness (QED) is 0.832. The van der Waals surface area contributed by atoms with Crippen LogP contribution in [0.15, 0.2) is 18.2 Å². The Kier molecular flexibility index (Phi) is 5.74. The maximum Gasteiger partial charge on any atom is 0.126 e. The van der Waals surface area contributed by atoms with Crippen molar-refractivity contribution in [1.29, 1.82) is 0 Å². The number of hydrogen-bond donors (Lipinski definition) is 1. The molecule has 0 heterocycles. The molecule has 0 aliphatic rings. The van der Waals surface area contributed by atoms with Crippen molar-refractivity contribution in [3.8, 4) is 0 Å². The zero-order chi connectivity index (χ0) is 12.0. The summed E-state index contributed by atoms with van der Waals surface area (Å²) in [5, 5.41) is 0.584. The summed E-state index contributed by atoms with van der Waals surface area (Å²) in [4.78, 5) is 2.15. The van der Waals surface area contributed by atoms with Crippen molar-refractivity contribution in [3.63, 3.8) is 0 Å². The van der Waals surface area contributed by atoms with Gasteiger partial charge in [0.15, 0.2) is 0 Å². The van der Waals surface area contributed by atoms with Crippen LogP contribution in [0, 0.1) is 5.82 Å². The van der Waals surface area contributed by atoms with Gasteiger partial charge in [0.2, 0.25) is 0 Å². The third-order valence-electron chi connectivity index (χ3n) is 2.51. The smallest absolute Gasteiger partial charge is 0.126 e. The van der Waals surface area contributed by atoms with E-state index in [0.29, 0.717) is 23.6 Å². The number of rotatable bonds is 6. The Morgan fingerprint density at radius 2 is 2.12 bits per heavy atom. The van der Waals surface area contributed by atoms with Crippen LogP contribution in [0.4, 0.5) is 4.39 Å². The lowest BCUT2D eigenvalue weighted by Crippen LogP contribution is -2.24. The first kappa shape index (κ1) is 13.4. The van der Waals surface area contributed by atoms with E-state index in [1.54, 1.807) is 12.1 Å². The molecule has 0 amide bonds. The van der Waals surface area contributed by atoms with E-state index in [4.69, 9.17) is 17.3 Å². The summed E-state index contributed by atoms with van der Waals surface area (Å²) >= 11 is 5.82. The molecule has 90 valence electrons. The summed E-state index contributed by atoms with van der Waals surface area (Å²) < 4.78 is 13.4. The molecule has 16 heavy (non-hydrogen) atoms. The summed E-state index contributed by atoms with van der Waals surface area (Å²) in [7, 11) is 2.01. The molecule has 0 radical (unpaired) electrons. The average Bonchev–Trinajstić information content (AvgIpc) is 2.27. The Hall–Kier alpha value is -0.640. The fourth-order valence-electron chi connectivity index (χ4n) is 1.52. The molecule has 0 aromatic heterocycles. The highest BCUT2D eigenvalue weighted by atomic mass is 35.5. The van der Waals surface area contributed by atoms with Crippen molar-refractivity contribution in [2.75, 3.05) is 26.7 Å². The molecule has 0 saturated carbocycles. The van der Waals surface area contributed by atoms with Crippen LogP contribution >= 0.6 is 11.6 Å². The fourth-order valence-corrected chi connectivity index (χ4v) is 1.71. The van der Waals surface area contributed by atoms with Crippen LogP contribution in [0.1, 0.15) is 12.0 Å². The maximum atomic E-state index is 13.4. The molecule has 0 aliphatic heterocycles. The molecule has 1 aromatic carbocycles. The Bertz CT molecular complexity index is 331. The number of likely N-dealkylation sites (N-methyl/N-ethyl adjacent to an activating group) is 1. The minimum Gasteiger partial charge on any atom is -0.330 e. The van der Waals surface area contributed by atoms with Gasteiger partial charge in [-0.05, 0) is 56.7 Å². The second-order valence-electron chi connectivity index (χ2n) is 3.93. The number of nitrogens with zero attached hydrogens (tertiary/aromatic N) is 1.